The fourth-order valence-electron chi connectivity index (χ4n) is 3.86. The first-order valence-electron chi connectivity index (χ1n) is 12.2. The third kappa shape index (κ3) is 7.37. The van der Waals surface area contributed by atoms with Gasteiger partial charge in [0.1, 0.15) is 22.8 Å². The molecule has 0 fully saturated rings. The smallest absolute Gasteiger partial charge is 0.339 e. The zero-order valence-corrected chi connectivity index (χ0v) is 21.6. The molecule has 3 aromatic carbocycles. The van der Waals surface area contributed by atoms with Crippen molar-refractivity contribution < 1.29 is 29.0 Å². The number of hydrogen-bond donors (Lipinski definition) is 5. The third-order valence-corrected chi connectivity index (χ3v) is 5.94. The lowest BCUT2D eigenvalue weighted by atomic mass is 10.0. The SMILES string of the molecule is C#CCCCC(=O)Nc1ccc(C(=O)c2ccc(NCc3ccc(-c4ccc(O)c(C(=O)O)c4)o3)cc2)cc1.N. The first-order valence-corrected chi connectivity index (χ1v) is 12.2. The van der Waals surface area contributed by atoms with Crippen LogP contribution >= 0.6 is 0 Å². The number of ketones is 1. The molecule has 9 heteroatoms. The summed E-state index contributed by atoms with van der Waals surface area (Å²) in [5.74, 6) is 1.81. The fraction of sp³-hybridized carbons (Fsp3) is 0.129. The number of carbonyl (C=O) groups is 3. The van der Waals surface area contributed by atoms with E-state index in [4.69, 9.17) is 10.8 Å². The Morgan fingerprint density at radius 3 is 2.15 bits per heavy atom. The van der Waals surface area contributed by atoms with E-state index in [2.05, 4.69) is 16.6 Å². The molecule has 4 rings (SSSR count). The van der Waals surface area contributed by atoms with Crippen LogP contribution in [-0.2, 0) is 11.3 Å². The number of nitrogens with one attached hydrogen (secondary N) is 2. The first kappa shape index (κ1) is 29.2. The molecule has 9 nitrogen and oxygen atoms in total. The van der Waals surface area contributed by atoms with E-state index in [1.165, 1.54) is 12.1 Å². The number of terminal acetylenes is 1. The van der Waals surface area contributed by atoms with E-state index < -0.39 is 5.97 Å². The van der Waals surface area contributed by atoms with Crippen LogP contribution in [0, 0.1) is 12.3 Å². The highest BCUT2D eigenvalue weighted by molar-refractivity contribution is 6.09. The third-order valence-electron chi connectivity index (χ3n) is 5.94. The van der Waals surface area contributed by atoms with Crippen molar-refractivity contribution in [2.45, 2.75) is 25.8 Å². The van der Waals surface area contributed by atoms with Crippen LogP contribution in [0.2, 0.25) is 0 Å². The highest BCUT2D eigenvalue weighted by atomic mass is 16.4. The lowest BCUT2D eigenvalue weighted by Crippen LogP contribution is -2.11. The van der Waals surface area contributed by atoms with Crippen molar-refractivity contribution in [3.05, 3.63) is 101 Å². The van der Waals surface area contributed by atoms with Crippen LogP contribution in [0.1, 0.15) is 51.3 Å². The molecule has 0 radical (unpaired) electrons. The van der Waals surface area contributed by atoms with Gasteiger partial charge in [0.05, 0.1) is 6.54 Å². The van der Waals surface area contributed by atoms with Gasteiger partial charge in [0.25, 0.3) is 0 Å². The fourth-order valence-corrected chi connectivity index (χ4v) is 3.86. The standard InChI is InChI=1S/C31H26N2O6.H3N/c1-2-3-4-5-29(35)33-24-13-8-21(9-14-24)30(36)20-6-11-23(12-7-20)32-19-25-15-17-28(39-25)22-10-16-27(34)26(18-22)31(37)38;/h1,6-18,32,34H,3-5,19H2,(H,33,35)(H,37,38);1H3. The Kier molecular flexibility index (Phi) is 9.84. The lowest BCUT2D eigenvalue weighted by molar-refractivity contribution is -0.116. The van der Waals surface area contributed by atoms with Crippen LogP contribution in [0.15, 0.2) is 83.3 Å². The van der Waals surface area contributed by atoms with Gasteiger partial charge in [-0.2, -0.15) is 0 Å². The van der Waals surface area contributed by atoms with Crippen molar-refractivity contribution in [2.24, 2.45) is 0 Å². The number of hydrogen-bond acceptors (Lipinski definition) is 7. The van der Waals surface area contributed by atoms with Gasteiger partial charge in [-0.25, -0.2) is 4.79 Å². The molecule has 0 aliphatic heterocycles. The van der Waals surface area contributed by atoms with E-state index in [1.807, 2.05) is 0 Å². The van der Waals surface area contributed by atoms with E-state index in [9.17, 15) is 24.6 Å². The molecule has 0 unspecified atom stereocenters. The predicted molar refractivity (Wildman–Crippen MR) is 153 cm³/mol. The Bertz CT molecular complexity index is 1530. The maximum absolute atomic E-state index is 12.9. The largest absolute Gasteiger partial charge is 0.507 e. The van der Waals surface area contributed by atoms with E-state index in [-0.39, 0.29) is 29.2 Å². The number of rotatable bonds is 11. The first-order chi connectivity index (χ1) is 18.8. The molecule has 0 bridgehead atoms. The number of carboxylic acid groups (broad SMARTS) is 1. The summed E-state index contributed by atoms with van der Waals surface area (Å²) < 4.78 is 5.82. The molecule has 0 aliphatic rings. The molecule has 0 saturated carbocycles. The van der Waals surface area contributed by atoms with Crippen molar-refractivity contribution in [3.63, 3.8) is 0 Å². The van der Waals surface area contributed by atoms with Gasteiger partial charge in [-0.1, -0.05) is 0 Å². The summed E-state index contributed by atoms with van der Waals surface area (Å²) in [6.07, 6.45) is 6.72. The number of phenols is 1. The van der Waals surface area contributed by atoms with E-state index in [0.29, 0.717) is 59.7 Å². The lowest BCUT2D eigenvalue weighted by Gasteiger charge is -2.08. The number of anilines is 2. The van der Waals surface area contributed by atoms with Gasteiger partial charge in [-0.05, 0) is 85.3 Å². The summed E-state index contributed by atoms with van der Waals surface area (Å²) in [6.45, 7) is 0.368. The zero-order chi connectivity index (χ0) is 27.8. The maximum atomic E-state index is 12.9. The number of furan rings is 1. The molecule has 1 amide bonds. The minimum absolute atomic E-state index is 0. The van der Waals surface area contributed by atoms with Crippen molar-refractivity contribution in [3.8, 4) is 29.4 Å². The van der Waals surface area contributed by atoms with Gasteiger partial charge in [-0.15, -0.1) is 12.3 Å². The summed E-state index contributed by atoms with van der Waals surface area (Å²) in [7, 11) is 0. The second-order valence-electron chi connectivity index (χ2n) is 8.75. The van der Waals surface area contributed by atoms with E-state index in [0.717, 1.165) is 5.69 Å². The molecule has 0 saturated heterocycles. The molecule has 0 spiro atoms. The van der Waals surface area contributed by atoms with Gasteiger partial charge in [0, 0.05) is 40.9 Å². The Morgan fingerprint density at radius 2 is 1.52 bits per heavy atom. The van der Waals surface area contributed by atoms with E-state index >= 15 is 0 Å². The number of carboxylic acids is 1. The second kappa shape index (κ2) is 13.5. The molecule has 0 atom stereocenters. The van der Waals surface area contributed by atoms with Crippen molar-refractivity contribution in [1.82, 2.24) is 6.15 Å². The minimum atomic E-state index is -1.22. The van der Waals surface area contributed by atoms with E-state index in [1.54, 1.807) is 66.7 Å². The zero-order valence-electron chi connectivity index (χ0n) is 21.6. The summed E-state index contributed by atoms with van der Waals surface area (Å²) in [5.41, 5.74) is 2.76. The number of benzene rings is 3. The van der Waals surface area contributed by atoms with Gasteiger partial charge in [-0.3, -0.25) is 9.59 Å². The monoisotopic (exact) mass is 539 g/mol. The van der Waals surface area contributed by atoms with Crippen molar-refractivity contribution in [2.75, 3.05) is 10.6 Å². The molecule has 1 heterocycles. The Hall–Kier alpha value is -5.33. The molecule has 0 aliphatic carbocycles. The van der Waals surface area contributed by atoms with Crippen LogP contribution in [0.4, 0.5) is 11.4 Å². The number of aromatic hydroxyl groups is 1. The highest BCUT2D eigenvalue weighted by Crippen LogP contribution is 2.28. The van der Waals surface area contributed by atoms with Crippen LogP contribution in [-0.4, -0.2) is 27.9 Å². The number of amides is 1. The summed E-state index contributed by atoms with van der Waals surface area (Å²) in [4.78, 5) is 36.1. The summed E-state index contributed by atoms with van der Waals surface area (Å²) >= 11 is 0. The minimum Gasteiger partial charge on any atom is -0.507 e. The van der Waals surface area contributed by atoms with Crippen LogP contribution in [0.3, 0.4) is 0 Å². The summed E-state index contributed by atoms with van der Waals surface area (Å²) in [6, 6.07) is 21.5. The van der Waals surface area contributed by atoms with Gasteiger partial charge in [0.2, 0.25) is 5.91 Å². The van der Waals surface area contributed by atoms with Crippen molar-refractivity contribution in [1.29, 1.82) is 0 Å². The second-order valence-corrected chi connectivity index (χ2v) is 8.75. The Morgan fingerprint density at radius 1 is 0.875 bits per heavy atom. The Balaban J connectivity index is 0.00000441. The molecule has 1 aromatic heterocycles. The van der Waals surface area contributed by atoms with Crippen LogP contribution < -0.4 is 16.8 Å². The average Bonchev–Trinajstić information content (AvgIpc) is 3.41. The predicted octanol–water partition coefficient (Wildman–Crippen LogP) is 6.10. The quantitative estimate of drug-likeness (QED) is 0.0867. The van der Waals surface area contributed by atoms with Crippen molar-refractivity contribution >= 4 is 29.0 Å². The molecular formula is C31H29N3O6. The molecule has 7 N–H and O–H groups in total. The number of aromatic carboxylic acids is 1. The number of unbranched alkanes of at least 4 members (excludes halogenated alkanes) is 1. The molecule has 4 aromatic rings. The van der Waals surface area contributed by atoms with Gasteiger partial charge >= 0.3 is 5.97 Å². The normalized spacial score (nSPS) is 10.2. The van der Waals surface area contributed by atoms with Gasteiger partial charge in [0.15, 0.2) is 5.78 Å². The van der Waals surface area contributed by atoms with Crippen LogP contribution in [0.5, 0.6) is 5.75 Å². The van der Waals surface area contributed by atoms with Gasteiger partial charge < -0.3 is 31.4 Å². The average molecular weight is 540 g/mol. The highest BCUT2D eigenvalue weighted by Gasteiger charge is 2.14. The molecular weight excluding hydrogens is 510 g/mol. The van der Waals surface area contributed by atoms with Crippen LogP contribution in [0.25, 0.3) is 11.3 Å². The number of carbonyl (C=O) groups excluding carboxylic acids is 2. The topological polar surface area (TPSA) is 164 Å². The maximum Gasteiger partial charge on any atom is 0.339 e. The Labute approximate surface area is 231 Å². The molecule has 40 heavy (non-hydrogen) atoms. The summed E-state index contributed by atoms with van der Waals surface area (Å²) in [5, 5.41) is 24.9. The molecule has 204 valence electrons.